The van der Waals surface area contributed by atoms with E-state index >= 15 is 0 Å². The normalized spacial score (nSPS) is 16.4. The Balaban J connectivity index is 1.98. The van der Waals surface area contributed by atoms with Crippen molar-refractivity contribution >= 4 is 28.9 Å². The molecule has 1 aliphatic rings. The number of nitrogens with one attached hydrogen (secondary N) is 3. The summed E-state index contributed by atoms with van der Waals surface area (Å²) >= 11 is 5.22. The Morgan fingerprint density at radius 1 is 1.19 bits per heavy atom. The number of rotatable bonds is 4. The van der Waals surface area contributed by atoms with E-state index in [0.717, 1.165) is 17.7 Å². The van der Waals surface area contributed by atoms with Crippen LogP contribution < -0.4 is 20.7 Å². The molecule has 0 bridgehead atoms. The average Bonchev–Trinajstić information content (AvgIpc) is 2.64. The van der Waals surface area contributed by atoms with Crippen LogP contribution in [0.5, 0.6) is 5.75 Å². The number of ether oxygens (including phenoxy) is 1. The van der Waals surface area contributed by atoms with E-state index in [9.17, 15) is 13.6 Å². The zero-order valence-electron chi connectivity index (χ0n) is 14.6. The van der Waals surface area contributed by atoms with Crippen molar-refractivity contribution in [3.8, 4) is 5.75 Å². The number of methoxy groups -OCH3 is 1. The van der Waals surface area contributed by atoms with Crippen LogP contribution in [0.2, 0.25) is 0 Å². The van der Waals surface area contributed by atoms with Gasteiger partial charge in [-0.15, -0.1) is 0 Å². The Morgan fingerprint density at radius 3 is 2.63 bits per heavy atom. The average molecular weight is 389 g/mol. The summed E-state index contributed by atoms with van der Waals surface area (Å²) in [6, 6.07) is 9.85. The van der Waals surface area contributed by atoms with Gasteiger partial charge in [0.15, 0.2) is 16.7 Å². The van der Waals surface area contributed by atoms with Gasteiger partial charge in [0.1, 0.15) is 5.75 Å². The van der Waals surface area contributed by atoms with Gasteiger partial charge in [-0.3, -0.25) is 4.79 Å². The molecule has 1 amide bonds. The van der Waals surface area contributed by atoms with E-state index in [4.69, 9.17) is 17.0 Å². The minimum absolute atomic E-state index is 0.145. The van der Waals surface area contributed by atoms with Gasteiger partial charge < -0.3 is 20.7 Å². The number of halogens is 2. The second-order valence-electron chi connectivity index (χ2n) is 5.90. The number of hydrogen-bond donors (Lipinski definition) is 3. The van der Waals surface area contributed by atoms with Crippen LogP contribution >= 0.6 is 12.2 Å². The number of thiocarbonyl (C=S) groups is 1. The Bertz CT molecular complexity index is 946. The Morgan fingerprint density at radius 2 is 1.93 bits per heavy atom. The van der Waals surface area contributed by atoms with Crippen LogP contribution in [0.15, 0.2) is 53.7 Å². The summed E-state index contributed by atoms with van der Waals surface area (Å²) in [5, 5.41) is 8.94. The van der Waals surface area contributed by atoms with Crippen LogP contribution in [0.1, 0.15) is 18.5 Å². The minimum atomic E-state index is -1.04. The lowest BCUT2D eigenvalue weighted by Crippen LogP contribution is -2.45. The van der Waals surface area contributed by atoms with Crippen molar-refractivity contribution in [2.24, 2.45) is 0 Å². The van der Waals surface area contributed by atoms with Gasteiger partial charge in [0.05, 0.1) is 18.7 Å². The predicted molar refractivity (Wildman–Crippen MR) is 102 cm³/mol. The van der Waals surface area contributed by atoms with Crippen LogP contribution in [0.4, 0.5) is 14.5 Å². The van der Waals surface area contributed by atoms with Gasteiger partial charge in [0.2, 0.25) is 0 Å². The maximum atomic E-state index is 13.4. The lowest BCUT2D eigenvalue weighted by Gasteiger charge is -2.31. The molecule has 0 fully saturated rings. The molecule has 0 aromatic heterocycles. The van der Waals surface area contributed by atoms with Crippen LogP contribution in [0.3, 0.4) is 0 Å². The smallest absolute Gasteiger partial charge is 0.255 e. The molecule has 1 unspecified atom stereocenters. The highest BCUT2D eigenvalue weighted by Crippen LogP contribution is 2.33. The Labute approximate surface area is 160 Å². The zero-order chi connectivity index (χ0) is 19.6. The summed E-state index contributed by atoms with van der Waals surface area (Å²) in [6.45, 7) is 1.72. The molecule has 1 atom stereocenters. The number of allylic oxidation sites excluding steroid dienone is 1. The first-order valence-electron chi connectivity index (χ1n) is 8.08. The van der Waals surface area contributed by atoms with Crippen LogP contribution in [0.25, 0.3) is 0 Å². The third kappa shape index (κ3) is 3.90. The summed E-state index contributed by atoms with van der Waals surface area (Å²) in [4.78, 5) is 12.9. The highest BCUT2D eigenvalue weighted by atomic mass is 32.1. The molecule has 5 nitrogen and oxygen atoms in total. The summed E-state index contributed by atoms with van der Waals surface area (Å²) in [7, 11) is 1.54. The van der Waals surface area contributed by atoms with Gasteiger partial charge >= 0.3 is 0 Å². The summed E-state index contributed by atoms with van der Waals surface area (Å²) in [6.07, 6.45) is 0. The molecule has 0 aliphatic carbocycles. The van der Waals surface area contributed by atoms with Crippen molar-refractivity contribution in [1.29, 1.82) is 0 Å². The Kier molecular flexibility index (Phi) is 5.36. The maximum absolute atomic E-state index is 13.4. The predicted octanol–water partition coefficient (Wildman–Crippen LogP) is 3.40. The number of hydrogen-bond acceptors (Lipinski definition) is 3. The highest BCUT2D eigenvalue weighted by molar-refractivity contribution is 7.80. The number of para-hydroxylation sites is 1. The van der Waals surface area contributed by atoms with E-state index in [1.165, 1.54) is 13.2 Å². The fraction of sp³-hybridized carbons (Fsp3) is 0.158. The van der Waals surface area contributed by atoms with E-state index in [1.807, 2.05) is 18.2 Å². The van der Waals surface area contributed by atoms with Crippen molar-refractivity contribution < 1.29 is 18.3 Å². The molecular formula is C19H17F2N3O2S. The van der Waals surface area contributed by atoms with E-state index in [-0.39, 0.29) is 5.69 Å². The topological polar surface area (TPSA) is 62.4 Å². The molecule has 0 radical (unpaired) electrons. The fourth-order valence-electron chi connectivity index (χ4n) is 2.91. The second kappa shape index (κ2) is 7.71. The van der Waals surface area contributed by atoms with E-state index in [1.54, 1.807) is 13.0 Å². The van der Waals surface area contributed by atoms with Gasteiger partial charge in [-0.2, -0.15) is 0 Å². The zero-order valence-corrected chi connectivity index (χ0v) is 15.4. The third-order valence-electron chi connectivity index (χ3n) is 4.14. The Hall–Kier alpha value is -3.00. The van der Waals surface area contributed by atoms with Gasteiger partial charge in [-0.05, 0) is 37.3 Å². The molecule has 0 saturated carbocycles. The molecular weight excluding hydrogens is 372 g/mol. The van der Waals surface area contributed by atoms with Crippen LogP contribution in [-0.2, 0) is 4.79 Å². The van der Waals surface area contributed by atoms with Gasteiger partial charge in [0, 0.05) is 23.0 Å². The van der Waals surface area contributed by atoms with Crippen molar-refractivity contribution in [2.45, 2.75) is 13.0 Å². The fourth-order valence-corrected chi connectivity index (χ4v) is 3.18. The molecule has 140 valence electrons. The number of anilines is 1. The monoisotopic (exact) mass is 389 g/mol. The minimum Gasteiger partial charge on any atom is -0.496 e. The largest absolute Gasteiger partial charge is 0.496 e. The molecule has 8 heteroatoms. The standard InChI is InChI=1S/C19H17F2N3O2S/c1-10-16(18(25)23-11-7-8-13(20)14(21)9-11)17(24-19(27)22-10)12-5-3-4-6-15(12)26-2/h3-9,17H,1-2H3,(H,23,25)(H2,22,24,27). The first kappa shape index (κ1) is 18.8. The second-order valence-corrected chi connectivity index (χ2v) is 6.30. The van der Waals surface area contributed by atoms with E-state index in [2.05, 4.69) is 16.0 Å². The van der Waals surface area contributed by atoms with Crippen molar-refractivity contribution in [3.05, 3.63) is 70.9 Å². The molecule has 2 aromatic carbocycles. The van der Waals surface area contributed by atoms with E-state index < -0.39 is 23.6 Å². The first-order chi connectivity index (χ1) is 12.9. The first-order valence-corrected chi connectivity index (χ1v) is 8.49. The quantitative estimate of drug-likeness (QED) is 0.700. The summed E-state index contributed by atoms with van der Waals surface area (Å²) < 4.78 is 32.0. The number of carbonyl (C=O) groups excluding carboxylic acids is 1. The molecule has 3 rings (SSSR count). The molecule has 2 aromatic rings. The SMILES string of the molecule is COc1ccccc1C1NC(=S)NC(C)=C1C(=O)Nc1ccc(F)c(F)c1. The van der Waals surface area contributed by atoms with Gasteiger partial charge in [0.25, 0.3) is 5.91 Å². The molecule has 1 aliphatic heterocycles. The molecule has 27 heavy (non-hydrogen) atoms. The molecule has 0 spiro atoms. The van der Waals surface area contributed by atoms with E-state index in [0.29, 0.717) is 22.1 Å². The molecule has 1 heterocycles. The number of benzene rings is 2. The van der Waals surface area contributed by atoms with Crippen LogP contribution in [-0.4, -0.2) is 18.1 Å². The number of carbonyl (C=O) groups is 1. The van der Waals surface area contributed by atoms with Gasteiger partial charge in [-0.25, -0.2) is 8.78 Å². The summed E-state index contributed by atoms with van der Waals surface area (Å²) in [5.74, 6) is -1.91. The third-order valence-corrected chi connectivity index (χ3v) is 4.36. The van der Waals surface area contributed by atoms with Crippen molar-refractivity contribution in [2.75, 3.05) is 12.4 Å². The molecule has 0 saturated heterocycles. The van der Waals surface area contributed by atoms with Crippen molar-refractivity contribution in [3.63, 3.8) is 0 Å². The lowest BCUT2D eigenvalue weighted by atomic mass is 9.94. The van der Waals surface area contributed by atoms with Crippen LogP contribution in [0, 0.1) is 11.6 Å². The summed E-state index contributed by atoms with van der Waals surface area (Å²) in [5.41, 5.74) is 1.78. The maximum Gasteiger partial charge on any atom is 0.255 e. The lowest BCUT2D eigenvalue weighted by molar-refractivity contribution is -0.113. The van der Waals surface area contributed by atoms with Gasteiger partial charge in [-0.1, -0.05) is 18.2 Å². The van der Waals surface area contributed by atoms with Crippen molar-refractivity contribution in [1.82, 2.24) is 10.6 Å². The number of amides is 1. The molecule has 3 N–H and O–H groups in total. The highest BCUT2D eigenvalue weighted by Gasteiger charge is 2.31.